The van der Waals surface area contributed by atoms with Gasteiger partial charge in [0.15, 0.2) is 0 Å². The van der Waals surface area contributed by atoms with Crippen LogP contribution in [0.5, 0.6) is 0 Å². The molecule has 0 aliphatic carbocycles. The molecule has 1 amide bonds. The lowest BCUT2D eigenvalue weighted by Crippen LogP contribution is -2.47. The van der Waals surface area contributed by atoms with Crippen molar-refractivity contribution in [3.05, 3.63) is 23.3 Å². The summed E-state index contributed by atoms with van der Waals surface area (Å²) in [5, 5.41) is -0.371. The van der Waals surface area contributed by atoms with Crippen LogP contribution in [0.1, 0.15) is 25.7 Å². The molecule has 0 N–H and O–H groups in total. The lowest BCUT2D eigenvalue weighted by Gasteiger charge is -2.37. The van der Waals surface area contributed by atoms with Crippen LogP contribution in [0.25, 0.3) is 0 Å². The van der Waals surface area contributed by atoms with Crippen molar-refractivity contribution in [2.45, 2.75) is 31.7 Å². The number of hydrogen-bond acceptors (Lipinski definition) is 3. The fourth-order valence-electron chi connectivity index (χ4n) is 3.41. The molecule has 0 aromatic carbocycles. The maximum atomic E-state index is 12.8. The fraction of sp³-hybridized carbons (Fsp3) is 0.562. The van der Waals surface area contributed by atoms with Gasteiger partial charge in [-0.25, -0.2) is 4.39 Å². The third-order valence-electron chi connectivity index (χ3n) is 4.73. The second kappa shape index (κ2) is 6.32. The molecule has 1 saturated heterocycles. The predicted octanol–water partition coefficient (Wildman–Crippen LogP) is 2.43. The Morgan fingerprint density at radius 1 is 1.36 bits per heavy atom. The van der Waals surface area contributed by atoms with Gasteiger partial charge in [0.1, 0.15) is 6.67 Å². The summed E-state index contributed by atoms with van der Waals surface area (Å²) in [5.41, 5.74) is 1.94. The molecule has 6 heteroatoms. The summed E-state index contributed by atoms with van der Waals surface area (Å²) in [6.07, 6.45) is 6.45. The SMILES string of the molecule is O=C(Cl)C1CCC2CCC3=C(C=CC(CF)=NC3)C(=O)N2C1. The molecular formula is C16H18ClFN2O2. The number of fused-ring (bicyclic) bond motifs is 1. The highest BCUT2D eigenvalue weighted by Crippen LogP contribution is 2.33. The highest BCUT2D eigenvalue weighted by atomic mass is 35.5. The van der Waals surface area contributed by atoms with Crippen LogP contribution >= 0.6 is 11.6 Å². The molecule has 3 aliphatic heterocycles. The van der Waals surface area contributed by atoms with Gasteiger partial charge in [-0.2, -0.15) is 0 Å². The van der Waals surface area contributed by atoms with Gasteiger partial charge in [-0.05, 0) is 55.0 Å². The van der Waals surface area contributed by atoms with Crippen molar-refractivity contribution < 1.29 is 14.0 Å². The molecule has 0 radical (unpaired) electrons. The number of carbonyl (C=O) groups excluding carboxylic acids is 2. The van der Waals surface area contributed by atoms with E-state index in [1.165, 1.54) is 0 Å². The van der Waals surface area contributed by atoms with Gasteiger partial charge in [0, 0.05) is 18.2 Å². The summed E-state index contributed by atoms with van der Waals surface area (Å²) in [7, 11) is 0. The van der Waals surface area contributed by atoms with Gasteiger partial charge in [0.25, 0.3) is 5.91 Å². The summed E-state index contributed by atoms with van der Waals surface area (Å²) < 4.78 is 12.8. The van der Waals surface area contributed by atoms with E-state index in [-0.39, 0.29) is 23.1 Å². The Kier molecular flexibility index (Phi) is 4.43. The number of hydrogen-bond donors (Lipinski definition) is 0. The summed E-state index contributed by atoms with van der Waals surface area (Å²) in [6, 6.07) is 0.157. The molecule has 3 rings (SSSR count). The van der Waals surface area contributed by atoms with Gasteiger partial charge in [-0.15, -0.1) is 0 Å². The number of nitrogens with zero attached hydrogens (tertiary/aromatic N) is 2. The first kappa shape index (κ1) is 15.4. The largest absolute Gasteiger partial charge is 0.335 e. The van der Waals surface area contributed by atoms with E-state index in [1.54, 1.807) is 17.1 Å². The molecule has 0 aromatic heterocycles. The Labute approximate surface area is 133 Å². The Balaban J connectivity index is 1.87. The molecule has 118 valence electrons. The van der Waals surface area contributed by atoms with Gasteiger partial charge >= 0.3 is 0 Å². The summed E-state index contributed by atoms with van der Waals surface area (Å²) in [4.78, 5) is 30.3. The molecule has 0 aromatic rings. The van der Waals surface area contributed by atoms with Crippen LogP contribution in [0.4, 0.5) is 4.39 Å². The molecule has 0 spiro atoms. The van der Waals surface area contributed by atoms with Crippen molar-refractivity contribution in [2.75, 3.05) is 19.8 Å². The second-order valence-electron chi connectivity index (χ2n) is 6.02. The number of rotatable bonds is 2. The van der Waals surface area contributed by atoms with Crippen molar-refractivity contribution in [3.8, 4) is 0 Å². The lowest BCUT2D eigenvalue weighted by molar-refractivity contribution is -0.132. The van der Waals surface area contributed by atoms with Gasteiger partial charge in [-0.3, -0.25) is 14.6 Å². The topological polar surface area (TPSA) is 49.7 Å². The molecule has 2 atom stereocenters. The van der Waals surface area contributed by atoms with E-state index in [0.717, 1.165) is 31.3 Å². The third kappa shape index (κ3) is 2.86. The highest BCUT2D eigenvalue weighted by Gasteiger charge is 2.37. The van der Waals surface area contributed by atoms with Crippen molar-refractivity contribution in [2.24, 2.45) is 10.9 Å². The number of piperidine rings is 1. The van der Waals surface area contributed by atoms with Gasteiger partial charge in [0.05, 0.1) is 18.2 Å². The number of allylic oxidation sites excluding steroid dienone is 1. The van der Waals surface area contributed by atoms with Gasteiger partial charge in [0.2, 0.25) is 5.24 Å². The number of halogens is 2. The molecular weight excluding hydrogens is 307 g/mol. The van der Waals surface area contributed by atoms with Crippen molar-refractivity contribution >= 4 is 28.5 Å². The van der Waals surface area contributed by atoms with Crippen LogP contribution in [-0.2, 0) is 9.59 Å². The predicted molar refractivity (Wildman–Crippen MR) is 82.8 cm³/mol. The zero-order chi connectivity index (χ0) is 15.7. The summed E-state index contributed by atoms with van der Waals surface area (Å²) >= 11 is 5.61. The van der Waals surface area contributed by atoms with Crippen molar-refractivity contribution in [1.82, 2.24) is 4.90 Å². The first-order chi connectivity index (χ1) is 10.6. The molecule has 22 heavy (non-hydrogen) atoms. The first-order valence-corrected chi connectivity index (χ1v) is 7.97. The Morgan fingerprint density at radius 3 is 2.91 bits per heavy atom. The van der Waals surface area contributed by atoms with Gasteiger partial charge < -0.3 is 4.90 Å². The van der Waals surface area contributed by atoms with Crippen LogP contribution in [0.15, 0.2) is 28.3 Å². The summed E-state index contributed by atoms with van der Waals surface area (Å²) in [6.45, 7) is 0.138. The van der Waals surface area contributed by atoms with Crippen LogP contribution in [0, 0.1) is 5.92 Å². The van der Waals surface area contributed by atoms with E-state index in [4.69, 9.17) is 11.6 Å². The minimum atomic E-state index is -0.625. The zero-order valence-electron chi connectivity index (χ0n) is 12.2. The normalized spacial score (nSPS) is 28.5. The van der Waals surface area contributed by atoms with Crippen LogP contribution < -0.4 is 0 Å². The van der Waals surface area contributed by atoms with E-state index in [1.807, 2.05) is 0 Å². The highest BCUT2D eigenvalue weighted by molar-refractivity contribution is 6.64. The van der Waals surface area contributed by atoms with E-state index in [2.05, 4.69) is 4.99 Å². The van der Waals surface area contributed by atoms with Crippen LogP contribution in [-0.4, -0.2) is 47.6 Å². The molecule has 3 aliphatic rings. The number of alkyl halides is 1. The maximum Gasteiger partial charge on any atom is 0.254 e. The van der Waals surface area contributed by atoms with E-state index in [9.17, 15) is 14.0 Å². The zero-order valence-corrected chi connectivity index (χ0v) is 13.0. The first-order valence-electron chi connectivity index (χ1n) is 7.60. The third-order valence-corrected chi connectivity index (χ3v) is 5.04. The Morgan fingerprint density at radius 2 is 2.18 bits per heavy atom. The second-order valence-corrected chi connectivity index (χ2v) is 6.39. The van der Waals surface area contributed by atoms with Crippen LogP contribution in [0.2, 0.25) is 0 Å². The van der Waals surface area contributed by atoms with E-state index < -0.39 is 6.67 Å². The minimum Gasteiger partial charge on any atom is -0.335 e. The molecule has 4 nitrogen and oxygen atoms in total. The van der Waals surface area contributed by atoms with Crippen molar-refractivity contribution in [1.29, 1.82) is 0 Å². The molecule has 0 saturated carbocycles. The molecule has 2 unspecified atom stereocenters. The van der Waals surface area contributed by atoms with Gasteiger partial charge in [-0.1, -0.05) is 0 Å². The lowest BCUT2D eigenvalue weighted by atomic mass is 9.91. The fourth-order valence-corrected chi connectivity index (χ4v) is 3.59. The average Bonchev–Trinajstić information content (AvgIpc) is 2.80. The Bertz CT molecular complexity index is 597. The van der Waals surface area contributed by atoms with E-state index >= 15 is 0 Å². The summed E-state index contributed by atoms with van der Waals surface area (Å²) in [5.74, 6) is -0.358. The quantitative estimate of drug-likeness (QED) is 0.732. The molecule has 1 fully saturated rings. The molecule has 3 heterocycles. The van der Waals surface area contributed by atoms with Crippen LogP contribution in [0.3, 0.4) is 0 Å². The minimum absolute atomic E-state index is 0.0772. The monoisotopic (exact) mass is 324 g/mol. The number of aliphatic imine (C=N–C) groups is 1. The van der Waals surface area contributed by atoms with Crippen molar-refractivity contribution in [3.63, 3.8) is 0 Å². The average molecular weight is 325 g/mol. The smallest absolute Gasteiger partial charge is 0.254 e. The standard InChI is InChI=1S/C16H18ClFN2O2/c17-15(21)11-2-5-13-4-1-10-8-19-12(7-18)3-6-14(10)16(22)20(13)9-11/h3,6,11,13H,1-2,4-5,7-9H2. The number of carbonyl (C=O) groups is 2. The molecule has 0 bridgehead atoms. The maximum absolute atomic E-state index is 12.8. The number of amides is 1. The van der Waals surface area contributed by atoms with E-state index in [0.29, 0.717) is 24.4 Å². The Hall–Kier alpha value is -1.49.